The van der Waals surface area contributed by atoms with E-state index in [1.807, 2.05) is 12.1 Å². The Morgan fingerprint density at radius 1 is 0.920 bits per heavy atom. The van der Waals surface area contributed by atoms with Crippen LogP contribution in [0.15, 0.2) is 60.7 Å². The summed E-state index contributed by atoms with van der Waals surface area (Å²) in [6.45, 7) is 2.38. The summed E-state index contributed by atoms with van der Waals surface area (Å²) in [6, 6.07) is 16.9. The van der Waals surface area contributed by atoms with E-state index in [1.54, 1.807) is 14.2 Å². The zero-order valence-corrected chi connectivity index (χ0v) is 16.3. The Labute approximate surface area is 152 Å². The van der Waals surface area contributed by atoms with Crippen LogP contribution in [0, 0.1) is 5.41 Å². The van der Waals surface area contributed by atoms with Crippen molar-refractivity contribution < 1.29 is 9.47 Å². The lowest BCUT2D eigenvalue weighted by atomic mass is 9.87. The second kappa shape index (κ2) is 8.06. The third kappa shape index (κ3) is 4.07. The number of rotatable bonds is 7. The van der Waals surface area contributed by atoms with Crippen molar-refractivity contribution >= 4 is 18.5 Å². The highest BCUT2D eigenvalue weighted by atomic mass is 31.1. The Bertz CT molecular complexity index is 693. The summed E-state index contributed by atoms with van der Waals surface area (Å²) in [5, 5.41) is 2.60. The Morgan fingerprint density at radius 3 is 1.96 bits per heavy atom. The van der Waals surface area contributed by atoms with Crippen molar-refractivity contribution in [3.05, 3.63) is 60.7 Å². The highest BCUT2D eigenvalue weighted by molar-refractivity contribution is 7.73. The summed E-state index contributed by atoms with van der Waals surface area (Å²) < 4.78 is 11.4. The van der Waals surface area contributed by atoms with E-state index >= 15 is 0 Å². The first kappa shape index (κ1) is 18.0. The van der Waals surface area contributed by atoms with Gasteiger partial charge >= 0.3 is 0 Å². The highest BCUT2D eigenvalue weighted by Gasteiger charge is 2.28. The molecule has 132 valence electrons. The van der Waals surface area contributed by atoms with Gasteiger partial charge in [-0.15, -0.1) is 0 Å². The molecule has 0 aromatic heterocycles. The van der Waals surface area contributed by atoms with Gasteiger partial charge in [0.05, 0.1) is 14.2 Å². The minimum absolute atomic E-state index is 0.324. The first-order valence-corrected chi connectivity index (χ1v) is 10.4. The molecule has 0 heterocycles. The van der Waals surface area contributed by atoms with Crippen LogP contribution < -0.4 is 20.1 Å². The first-order valence-electron chi connectivity index (χ1n) is 8.88. The van der Waals surface area contributed by atoms with Crippen LogP contribution in [0.25, 0.3) is 0 Å². The molecule has 0 fully saturated rings. The van der Waals surface area contributed by atoms with Gasteiger partial charge in [-0.1, -0.05) is 55.5 Å². The maximum Gasteiger partial charge on any atom is 0.126 e. The van der Waals surface area contributed by atoms with Gasteiger partial charge in [0.15, 0.2) is 0 Å². The predicted octanol–water partition coefficient (Wildman–Crippen LogP) is 4.88. The number of hydrogen-bond acceptors (Lipinski definition) is 2. The van der Waals surface area contributed by atoms with Crippen molar-refractivity contribution in [2.45, 2.75) is 26.2 Å². The average Bonchev–Trinajstić information content (AvgIpc) is 3.09. The molecule has 0 aliphatic heterocycles. The SMILES string of the molecule is COc1ccccc1P(CC[C@@]1(C)C=CCC1)c1ccccc1OC. The van der Waals surface area contributed by atoms with Crippen molar-refractivity contribution in [1.82, 2.24) is 0 Å². The van der Waals surface area contributed by atoms with E-state index in [-0.39, 0.29) is 0 Å². The lowest BCUT2D eigenvalue weighted by Crippen LogP contribution is -2.21. The Kier molecular flexibility index (Phi) is 5.81. The van der Waals surface area contributed by atoms with Crippen molar-refractivity contribution in [2.24, 2.45) is 5.41 Å². The molecule has 2 aromatic carbocycles. The Hall–Kier alpha value is -1.79. The summed E-state index contributed by atoms with van der Waals surface area (Å²) in [4.78, 5) is 0. The van der Waals surface area contributed by atoms with E-state index in [0.29, 0.717) is 5.41 Å². The van der Waals surface area contributed by atoms with Gasteiger partial charge in [-0.25, -0.2) is 0 Å². The van der Waals surface area contributed by atoms with Gasteiger partial charge in [-0.05, 0) is 50.9 Å². The number of ether oxygens (including phenoxy) is 2. The maximum absolute atomic E-state index is 5.68. The van der Waals surface area contributed by atoms with Gasteiger partial charge in [-0.3, -0.25) is 0 Å². The summed E-state index contributed by atoms with van der Waals surface area (Å²) in [6.07, 6.45) is 9.52. The maximum atomic E-state index is 5.68. The van der Waals surface area contributed by atoms with Crippen LogP contribution in [0.5, 0.6) is 11.5 Å². The van der Waals surface area contributed by atoms with Crippen LogP contribution in [0.1, 0.15) is 26.2 Å². The van der Waals surface area contributed by atoms with E-state index in [1.165, 1.54) is 29.9 Å². The highest BCUT2D eigenvalue weighted by Crippen LogP contribution is 2.45. The third-order valence-corrected chi connectivity index (χ3v) is 7.63. The van der Waals surface area contributed by atoms with Crippen molar-refractivity contribution in [3.63, 3.8) is 0 Å². The van der Waals surface area contributed by atoms with Crippen LogP contribution in [-0.4, -0.2) is 20.4 Å². The molecule has 25 heavy (non-hydrogen) atoms. The zero-order chi connectivity index (χ0) is 17.7. The van der Waals surface area contributed by atoms with Crippen LogP contribution in [0.4, 0.5) is 0 Å². The van der Waals surface area contributed by atoms with Gasteiger partial charge in [0.2, 0.25) is 0 Å². The minimum Gasteiger partial charge on any atom is -0.496 e. The molecule has 2 aromatic rings. The van der Waals surface area contributed by atoms with Gasteiger partial charge in [0, 0.05) is 10.6 Å². The lowest BCUT2D eigenvalue weighted by molar-refractivity contribution is 0.406. The first-order chi connectivity index (χ1) is 12.2. The van der Waals surface area contributed by atoms with Gasteiger partial charge < -0.3 is 9.47 Å². The van der Waals surface area contributed by atoms with E-state index in [4.69, 9.17) is 9.47 Å². The Balaban J connectivity index is 1.97. The molecular weight excluding hydrogens is 327 g/mol. The van der Waals surface area contributed by atoms with Crippen molar-refractivity contribution in [3.8, 4) is 11.5 Å². The molecule has 0 radical (unpaired) electrons. The van der Waals surface area contributed by atoms with Crippen LogP contribution in [0.3, 0.4) is 0 Å². The summed E-state index contributed by atoms with van der Waals surface area (Å²) in [5.74, 6) is 1.96. The summed E-state index contributed by atoms with van der Waals surface area (Å²) >= 11 is 0. The van der Waals surface area contributed by atoms with Gasteiger partial charge in [0.1, 0.15) is 11.5 Å². The lowest BCUT2D eigenvalue weighted by Gasteiger charge is -2.27. The molecule has 0 spiro atoms. The van der Waals surface area contributed by atoms with Crippen molar-refractivity contribution in [1.29, 1.82) is 0 Å². The fraction of sp³-hybridized carbons (Fsp3) is 0.364. The Morgan fingerprint density at radius 2 is 1.48 bits per heavy atom. The normalized spacial score (nSPS) is 19.4. The largest absolute Gasteiger partial charge is 0.496 e. The third-order valence-electron chi connectivity index (χ3n) is 5.06. The molecule has 0 N–H and O–H groups in total. The van der Waals surface area contributed by atoms with Crippen LogP contribution >= 0.6 is 7.92 Å². The number of hydrogen-bond donors (Lipinski definition) is 0. The number of benzene rings is 2. The number of allylic oxidation sites excluding steroid dienone is 2. The molecule has 1 aliphatic carbocycles. The van der Waals surface area contributed by atoms with Gasteiger partial charge in [-0.2, -0.15) is 0 Å². The molecule has 0 amide bonds. The number of methoxy groups -OCH3 is 2. The van der Waals surface area contributed by atoms with Crippen molar-refractivity contribution in [2.75, 3.05) is 20.4 Å². The average molecular weight is 354 g/mol. The quantitative estimate of drug-likeness (QED) is 0.521. The molecule has 3 rings (SSSR count). The van der Waals surface area contributed by atoms with E-state index < -0.39 is 7.92 Å². The zero-order valence-electron chi connectivity index (χ0n) is 15.4. The second-order valence-corrected chi connectivity index (χ2v) is 9.11. The molecule has 1 atom stereocenters. The molecule has 1 aliphatic rings. The molecule has 0 bridgehead atoms. The van der Waals surface area contributed by atoms with Crippen LogP contribution in [-0.2, 0) is 0 Å². The fourth-order valence-corrected chi connectivity index (χ4v) is 6.39. The number of para-hydroxylation sites is 2. The monoisotopic (exact) mass is 354 g/mol. The molecule has 2 nitrogen and oxygen atoms in total. The van der Waals surface area contributed by atoms with E-state index in [9.17, 15) is 0 Å². The van der Waals surface area contributed by atoms with Gasteiger partial charge in [0.25, 0.3) is 0 Å². The topological polar surface area (TPSA) is 18.5 Å². The molecule has 0 saturated heterocycles. The molecular formula is C22H27O2P. The standard InChI is InChI=1S/C22H27O2P/c1-22(14-8-9-15-22)16-17-25(20-12-6-4-10-18(20)23-2)21-13-7-5-11-19(21)24-3/h4-8,10-14H,9,15-17H2,1-3H3/t22-/m0/s1. The second-order valence-electron chi connectivity index (χ2n) is 6.84. The molecule has 3 heteroatoms. The minimum atomic E-state index is -0.536. The molecule has 0 saturated carbocycles. The van der Waals surface area contributed by atoms with E-state index in [0.717, 1.165) is 17.7 Å². The van der Waals surface area contributed by atoms with E-state index in [2.05, 4.69) is 55.5 Å². The summed E-state index contributed by atoms with van der Waals surface area (Å²) in [5.41, 5.74) is 0.324. The van der Waals surface area contributed by atoms with Crippen LogP contribution in [0.2, 0.25) is 0 Å². The smallest absolute Gasteiger partial charge is 0.126 e. The predicted molar refractivity (Wildman–Crippen MR) is 108 cm³/mol. The molecule has 0 unspecified atom stereocenters. The summed E-state index contributed by atoms with van der Waals surface area (Å²) in [7, 11) is 2.98. The fourth-order valence-electron chi connectivity index (χ4n) is 3.52.